The first kappa shape index (κ1) is 22.3. The maximum Gasteiger partial charge on any atom is 0.331 e. The van der Waals surface area contributed by atoms with Gasteiger partial charge in [-0.1, -0.05) is 0 Å². The number of halogens is 3. The Morgan fingerprint density at radius 1 is 1.12 bits per heavy atom. The summed E-state index contributed by atoms with van der Waals surface area (Å²) in [5.41, 5.74) is 0.662. The molecule has 1 aliphatic heterocycles. The zero-order valence-corrected chi connectivity index (χ0v) is 18.4. The minimum Gasteiger partial charge on any atom is -0.379 e. The number of aryl methyl sites for hydroxylation is 1. The zero-order valence-electron chi connectivity index (χ0n) is 18.4. The van der Waals surface area contributed by atoms with Gasteiger partial charge in [0.15, 0.2) is 11.5 Å². The maximum absolute atomic E-state index is 15.4. The summed E-state index contributed by atoms with van der Waals surface area (Å²) in [6, 6.07) is 5.76. The van der Waals surface area contributed by atoms with E-state index >= 15 is 8.78 Å². The number of hydrogen-bond donors (Lipinski definition) is 2. The largest absolute Gasteiger partial charge is 0.379 e. The third-order valence-electron chi connectivity index (χ3n) is 5.67. The second kappa shape index (κ2) is 9.03. The van der Waals surface area contributed by atoms with Gasteiger partial charge in [-0.25, -0.2) is 19.0 Å². The molecule has 12 heteroatoms. The van der Waals surface area contributed by atoms with Crippen molar-refractivity contribution in [2.24, 2.45) is 0 Å². The Balaban J connectivity index is 1.54. The van der Waals surface area contributed by atoms with E-state index in [1.807, 2.05) is 6.92 Å². The highest BCUT2D eigenvalue weighted by Crippen LogP contribution is 2.36. The monoisotopic (exact) mass is 472 g/mol. The third kappa shape index (κ3) is 4.46. The van der Waals surface area contributed by atoms with E-state index in [1.165, 1.54) is 0 Å². The highest BCUT2D eigenvalue weighted by atomic mass is 19.3. The van der Waals surface area contributed by atoms with Crippen LogP contribution in [0.1, 0.15) is 17.1 Å². The molecule has 1 saturated heterocycles. The van der Waals surface area contributed by atoms with E-state index in [0.717, 1.165) is 43.0 Å². The first-order chi connectivity index (χ1) is 16.4. The lowest BCUT2D eigenvalue weighted by atomic mass is 10.1. The van der Waals surface area contributed by atoms with Gasteiger partial charge >= 0.3 is 5.92 Å². The molecule has 0 amide bonds. The molecule has 0 aliphatic carbocycles. The van der Waals surface area contributed by atoms with Crippen molar-refractivity contribution in [1.82, 2.24) is 34.8 Å². The van der Waals surface area contributed by atoms with Crippen LogP contribution in [-0.2, 0) is 17.2 Å². The smallest absolute Gasteiger partial charge is 0.331 e. The van der Waals surface area contributed by atoms with Crippen molar-refractivity contribution in [3.05, 3.63) is 59.4 Å². The molecule has 4 heterocycles. The van der Waals surface area contributed by atoms with Gasteiger partial charge in [0.05, 0.1) is 31.3 Å². The van der Waals surface area contributed by atoms with Crippen LogP contribution in [0.5, 0.6) is 0 Å². The summed E-state index contributed by atoms with van der Waals surface area (Å²) in [6.07, 6.45) is 1.55. The molecule has 0 spiro atoms. The molecule has 1 fully saturated rings. The molecule has 178 valence electrons. The van der Waals surface area contributed by atoms with E-state index < -0.39 is 23.1 Å². The number of nitrogens with one attached hydrogen (secondary N) is 2. The number of aromatic amines is 1. The van der Waals surface area contributed by atoms with E-state index in [0.29, 0.717) is 37.5 Å². The SMILES string of the molecule is Cc1cc(Nc2nc(C(F)(F)c3ccc(F)cc3)nc3c2cnn3CCN2CCOCC2)n[nH]1. The molecule has 0 radical (unpaired) electrons. The van der Waals surface area contributed by atoms with Crippen LogP contribution in [0.2, 0.25) is 0 Å². The Kier molecular flexibility index (Phi) is 5.92. The summed E-state index contributed by atoms with van der Waals surface area (Å²) < 4.78 is 51.2. The fourth-order valence-electron chi connectivity index (χ4n) is 3.81. The molecular weight excluding hydrogens is 449 g/mol. The second-order valence-corrected chi connectivity index (χ2v) is 8.10. The number of benzene rings is 1. The molecule has 4 aromatic rings. The number of aromatic nitrogens is 6. The average molecular weight is 472 g/mol. The predicted molar refractivity (Wildman–Crippen MR) is 119 cm³/mol. The number of morpholine rings is 1. The molecule has 1 aliphatic rings. The Hall–Kier alpha value is -3.51. The Bertz CT molecular complexity index is 1280. The molecule has 0 atom stereocenters. The van der Waals surface area contributed by atoms with Crippen molar-refractivity contribution in [1.29, 1.82) is 0 Å². The minimum atomic E-state index is -3.56. The van der Waals surface area contributed by atoms with Gasteiger partial charge in [-0.15, -0.1) is 0 Å². The molecule has 5 rings (SSSR count). The first-order valence-corrected chi connectivity index (χ1v) is 10.9. The van der Waals surface area contributed by atoms with Gasteiger partial charge < -0.3 is 10.1 Å². The topological polar surface area (TPSA) is 96.8 Å². The number of H-pyrrole nitrogens is 1. The number of alkyl halides is 2. The summed E-state index contributed by atoms with van der Waals surface area (Å²) in [4.78, 5) is 10.6. The standard InChI is InChI=1S/C22H23F3N8O/c1-14-12-18(31-30-14)27-19-17-13-26-33(7-6-32-8-10-34-11-9-32)20(17)29-21(28-19)22(24,25)15-2-4-16(23)5-3-15/h2-5,12-13H,6-11H2,1H3,(H2,27,28,29,30,31). The van der Waals surface area contributed by atoms with Crippen LogP contribution in [-0.4, -0.2) is 67.7 Å². The second-order valence-electron chi connectivity index (χ2n) is 8.10. The summed E-state index contributed by atoms with van der Waals surface area (Å²) in [6.45, 7) is 5.88. The summed E-state index contributed by atoms with van der Waals surface area (Å²) >= 11 is 0. The van der Waals surface area contributed by atoms with Crippen LogP contribution >= 0.6 is 0 Å². The van der Waals surface area contributed by atoms with Crippen molar-refractivity contribution in [3.63, 3.8) is 0 Å². The fraction of sp³-hybridized carbons (Fsp3) is 0.364. The van der Waals surface area contributed by atoms with Crippen LogP contribution in [0, 0.1) is 12.7 Å². The summed E-state index contributed by atoms with van der Waals surface area (Å²) in [7, 11) is 0. The minimum absolute atomic E-state index is 0.158. The van der Waals surface area contributed by atoms with Crippen molar-refractivity contribution >= 4 is 22.7 Å². The van der Waals surface area contributed by atoms with Gasteiger partial charge in [0, 0.05) is 37.0 Å². The quantitative estimate of drug-likeness (QED) is 0.426. The maximum atomic E-state index is 15.4. The fourth-order valence-corrected chi connectivity index (χ4v) is 3.81. The molecule has 0 bridgehead atoms. The van der Waals surface area contributed by atoms with Crippen LogP contribution in [0.4, 0.5) is 24.8 Å². The normalized spacial score (nSPS) is 15.2. The van der Waals surface area contributed by atoms with Crippen molar-refractivity contribution in [2.75, 3.05) is 38.2 Å². The van der Waals surface area contributed by atoms with Crippen molar-refractivity contribution in [3.8, 4) is 0 Å². The Morgan fingerprint density at radius 2 is 1.88 bits per heavy atom. The number of hydrogen-bond acceptors (Lipinski definition) is 7. The lowest BCUT2D eigenvalue weighted by molar-refractivity contribution is 0.0329. The number of ether oxygens (including phenoxy) is 1. The highest BCUT2D eigenvalue weighted by Gasteiger charge is 2.39. The summed E-state index contributed by atoms with van der Waals surface area (Å²) in [5.74, 6) is -4.29. The molecule has 0 unspecified atom stereocenters. The van der Waals surface area contributed by atoms with Crippen LogP contribution in [0.25, 0.3) is 11.0 Å². The molecular formula is C22H23F3N8O. The van der Waals surface area contributed by atoms with E-state index in [9.17, 15) is 4.39 Å². The van der Waals surface area contributed by atoms with Gasteiger partial charge in [-0.2, -0.15) is 19.0 Å². The average Bonchev–Trinajstić information content (AvgIpc) is 3.44. The van der Waals surface area contributed by atoms with Crippen molar-refractivity contribution < 1.29 is 17.9 Å². The lowest BCUT2D eigenvalue weighted by Crippen LogP contribution is -2.38. The molecule has 9 nitrogen and oxygen atoms in total. The number of rotatable bonds is 7. The molecule has 3 aromatic heterocycles. The van der Waals surface area contributed by atoms with Gasteiger partial charge in [0.25, 0.3) is 0 Å². The number of anilines is 2. The van der Waals surface area contributed by atoms with E-state index in [-0.39, 0.29) is 11.5 Å². The predicted octanol–water partition coefficient (Wildman–Crippen LogP) is 3.21. The molecule has 1 aromatic carbocycles. The molecule has 34 heavy (non-hydrogen) atoms. The van der Waals surface area contributed by atoms with E-state index in [1.54, 1.807) is 16.9 Å². The van der Waals surface area contributed by atoms with Gasteiger partial charge in [0.1, 0.15) is 11.6 Å². The van der Waals surface area contributed by atoms with Gasteiger partial charge in [0.2, 0.25) is 5.82 Å². The first-order valence-electron chi connectivity index (χ1n) is 10.9. The summed E-state index contributed by atoms with van der Waals surface area (Å²) in [5, 5.41) is 14.8. The van der Waals surface area contributed by atoms with Crippen LogP contribution in [0.15, 0.2) is 36.5 Å². The van der Waals surface area contributed by atoms with Gasteiger partial charge in [-0.3, -0.25) is 10.00 Å². The van der Waals surface area contributed by atoms with E-state index in [2.05, 4.69) is 35.5 Å². The number of nitrogens with zero attached hydrogens (tertiary/aromatic N) is 6. The third-order valence-corrected chi connectivity index (χ3v) is 5.67. The zero-order chi connectivity index (χ0) is 23.7. The van der Waals surface area contributed by atoms with Crippen molar-refractivity contribution in [2.45, 2.75) is 19.4 Å². The van der Waals surface area contributed by atoms with Gasteiger partial charge in [-0.05, 0) is 31.2 Å². The van der Waals surface area contributed by atoms with Crippen LogP contribution in [0.3, 0.4) is 0 Å². The Morgan fingerprint density at radius 3 is 2.59 bits per heavy atom. The molecule has 0 saturated carbocycles. The lowest BCUT2D eigenvalue weighted by Gasteiger charge is -2.26. The highest BCUT2D eigenvalue weighted by molar-refractivity contribution is 5.88. The van der Waals surface area contributed by atoms with E-state index in [4.69, 9.17) is 4.74 Å². The Labute approximate surface area is 193 Å². The van der Waals surface area contributed by atoms with Crippen LogP contribution < -0.4 is 5.32 Å². The number of fused-ring (bicyclic) bond motifs is 1. The molecule has 2 N–H and O–H groups in total.